The summed E-state index contributed by atoms with van der Waals surface area (Å²) in [5.74, 6) is -4.57. The molecule has 2 bridgehead atoms. The van der Waals surface area contributed by atoms with Gasteiger partial charge in [0.2, 0.25) is 11.8 Å². The number of fused-ring (bicyclic) bond motifs is 5. The molecule has 6 nitrogen and oxygen atoms in total. The van der Waals surface area contributed by atoms with E-state index in [0.717, 1.165) is 38.3 Å². The lowest BCUT2D eigenvalue weighted by atomic mass is 9.59. The van der Waals surface area contributed by atoms with Crippen LogP contribution in [-0.4, -0.2) is 28.7 Å². The Morgan fingerprint density at radius 3 is 1.44 bits per heavy atom. The van der Waals surface area contributed by atoms with Gasteiger partial charge in [-0.25, -0.2) is 9.69 Å². The summed E-state index contributed by atoms with van der Waals surface area (Å²) < 4.78 is 0. The Hall–Kier alpha value is -5.88. The molecule has 1 heterocycles. The Balaban J connectivity index is 1.54. The van der Waals surface area contributed by atoms with Crippen molar-refractivity contribution in [2.45, 2.75) is 24.7 Å². The van der Waals surface area contributed by atoms with Crippen molar-refractivity contribution in [3.8, 4) is 0 Å². The molecule has 0 radical (unpaired) electrons. The molecule has 4 atom stereocenters. The van der Waals surface area contributed by atoms with Crippen LogP contribution in [0.5, 0.6) is 0 Å². The Morgan fingerprint density at radius 1 is 0.583 bits per heavy atom. The second kappa shape index (κ2) is 10.6. The molecule has 5 aromatic rings. The molecule has 1 N–H and O–H groups in total. The number of hydrogen-bond donors (Lipinski definition) is 1. The number of aromatic carboxylic acids is 1. The Kier molecular flexibility index (Phi) is 6.50. The monoisotopic (exact) mass is 629 g/mol. The van der Waals surface area contributed by atoms with Gasteiger partial charge in [0.1, 0.15) is 0 Å². The summed E-state index contributed by atoms with van der Waals surface area (Å²) >= 11 is 0. The molecule has 8 rings (SSSR count). The second-order valence-electron chi connectivity index (χ2n) is 13.0. The van der Waals surface area contributed by atoms with Gasteiger partial charge >= 0.3 is 5.97 Å². The average molecular weight is 630 g/mol. The van der Waals surface area contributed by atoms with E-state index in [1.807, 2.05) is 123 Å². The van der Waals surface area contributed by atoms with Gasteiger partial charge in [0, 0.05) is 0 Å². The molecule has 234 valence electrons. The number of carbonyl (C=O) groups is 4. The third-order valence-electron chi connectivity index (χ3n) is 10.5. The molecule has 1 saturated carbocycles. The molecular formula is C42H31NO5. The van der Waals surface area contributed by atoms with Crippen LogP contribution in [0.3, 0.4) is 0 Å². The predicted octanol–water partition coefficient (Wildman–Crippen LogP) is 7.19. The Morgan fingerprint density at radius 2 is 1.02 bits per heavy atom. The van der Waals surface area contributed by atoms with Crippen LogP contribution in [-0.2, 0) is 25.2 Å². The first-order valence-electron chi connectivity index (χ1n) is 16.0. The summed E-state index contributed by atoms with van der Waals surface area (Å²) in [6.45, 7) is 4.00. The van der Waals surface area contributed by atoms with Crippen LogP contribution in [0, 0.1) is 25.7 Å². The number of carbonyl (C=O) groups excluding carboxylic acids is 3. The molecule has 2 amide bonds. The van der Waals surface area contributed by atoms with Gasteiger partial charge in [0.15, 0.2) is 5.78 Å². The van der Waals surface area contributed by atoms with E-state index in [0.29, 0.717) is 11.1 Å². The molecule has 5 aromatic carbocycles. The lowest BCUT2D eigenvalue weighted by Gasteiger charge is -2.39. The molecule has 0 spiro atoms. The number of carboxylic acid groups (broad SMARTS) is 1. The maximum absolute atomic E-state index is 16.0. The van der Waals surface area contributed by atoms with Crippen molar-refractivity contribution < 1.29 is 24.3 Å². The van der Waals surface area contributed by atoms with E-state index in [9.17, 15) is 9.90 Å². The van der Waals surface area contributed by atoms with Crippen molar-refractivity contribution in [1.82, 2.24) is 0 Å². The van der Waals surface area contributed by atoms with Crippen LogP contribution in [0.2, 0.25) is 0 Å². The van der Waals surface area contributed by atoms with E-state index < -0.39 is 40.4 Å². The fourth-order valence-electron chi connectivity index (χ4n) is 8.60. The largest absolute Gasteiger partial charge is 0.478 e. The van der Waals surface area contributed by atoms with Crippen LogP contribution < -0.4 is 4.90 Å². The molecule has 0 aromatic heterocycles. The van der Waals surface area contributed by atoms with E-state index in [1.54, 1.807) is 6.07 Å². The van der Waals surface area contributed by atoms with E-state index in [2.05, 4.69) is 0 Å². The number of ketones is 1. The molecule has 3 aliphatic rings. The number of allylic oxidation sites excluding steroid dienone is 2. The summed E-state index contributed by atoms with van der Waals surface area (Å²) in [5.41, 5.74) is 3.50. The lowest BCUT2D eigenvalue weighted by Crippen LogP contribution is -2.45. The Bertz CT molecular complexity index is 2060. The molecule has 6 heteroatoms. The fourth-order valence-corrected chi connectivity index (χ4v) is 8.60. The first-order valence-corrected chi connectivity index (χ1v) is 16.0. The number of benzene rings is 5. The number of hydrogen-bond acceptors (Lipinski definition) is 4. The van der Waals surface area contributed by atoms with Crippen molar-refractivity contribution in [2.24, 2.45) is 11.8 Å². The zero-order valence-electron chi connectivity index (χ0n) is 26.4. The van der Waals surface area contributed by atoms with Gasteiger partial charge in [-0.1, -0.05) is 126 Å². The highest BCUT2D eigenvalue weighted by Gasteiger charge is 2.82. The van der Waals surface area contributed by atoms with Crippen LogP contribution in [0.1, 0.15) is 43.7 Å². The maximum Gasteiger partial charge on any atom is 0.335 e. The van der Waals surface area contributed by atoms with Gasteiger partial charge < -0.3 is 5.11 Å². The third-order valence-corrected chi connectivity index (χ3v) is 10.5. The van der Waals surface area contributed by atoms with Gasteiger partial charge in [0.25, 0.3) is 0 Å². The molecular weight excluding hydrogens is 598 g/mol. The van der Waals surface area contributed by atoms with Crippen LogP contribution >= 0.6 is 0 Å². The van der Waals surface area contributed by atoms with Crippen LogP contribution in [0.15, 0.2) is 133 Å². The Labute approximate surface area is 278 Å². The van der Waals surface area contributed by atoms with Crippen LogP contribution in [0.25, 0.3) is 11.1 Å². The number of rotatable bonds is 6. The summed E-state index contributed by atoms with van der Waals surface area (Å²) in [6, 6.07) is 40.6. The fraction of sp³-hybridized carbons (Fsp3) is 0.143. The lowest BCUT2D eigenvalue weighted by molar-refractivity contribution is -0.130. The summed E-state index contributed by atoms with van der Waals surface area (Å²) in [7, 11) is 0. The van der Waals surface area contributed by atoms with Gasteiger partial charge in [-0.2, -0.15) is 0 Å². The number of Topliss-reactive ketones (excluding diaryl/α,β-unsaturated/α-hetero) is 1. The van der Waals surface area contributed by atoms with Gasteiger partial charge in [-0.15, -0.1) is 0 Å². The van der Waals surface area contributed by atoms with Crippen molar-refractivity contribution in [2.75, 3.05) is 4.90 Å². The predicted molar refractivity (Wildman–Crippen MR) is 183 cm³/mol. The van der Waals surface area contributed by atoms with E-state index in [4.69, 9.17) is 0 Å². The summed E-state index contributed by atoms with van der Waals surface area (Å²) in [5, 5.41) is 9.77. The molecule has 0 unspecified atom stereocenters. The smallest absolute Gasteiger partial charge is 0.335 e. The second-order valence-corrected chi connectivity index (χ2v) is 13.0. The van der Waals surface area contributed by atoms with Gasteiger partial charge in [-0.05, 0) is 65.4 Å². The van der Waals surface area contributed by atoms with E-state index in [-0.39, 0.29) is 17.0 Å². The number of anilines is 1. The van der Waals surface area contributed by atoms with E-state index in [1.165, 1.54) is 18.2 Å². The number of aryl methyl sites for hydroxylation is 2. The quantitative estimate of drug-likeness (QED) is 0.201. The van der Waals surface area contributed by atoms with Crippen molar-refractivity contribution in [1.29, 1.82) is 0 Å². The SMILES string of the molecule is Cc1ccc(C2=C(c3ccc(C)cc3)[C@@]3(c4ccccc4)C(=O)[C@@]2(c2ccccc2)[C@@H]2C(=O)N(c4cccc(C(=O)O)c4)C(=O)[C@@H]23)cc1. The highest BCUT2D eigenvalue weighted by Crippen LogP contribution is 2.74. The first kappa shape index (κ1) is 29.5. The molecule has 48 heavy (non-hydrogen) atoms. The van der Waals surface area contributed by atoms with Crippen LogP contribution in [0.4, 0.5) is 5.69 Å². The topological polar surface area (TPSA) is 91.8 Å². The standard InChI is InChI=1S/C42H31NO5/c1-25-16-20-27(21-17-25)33-34(28-22-18-26(2)19-23-28)42(31-13-7-4-8-14-31)36-35(41(33,40(42)48)30-11-5-3-6-12-30)37(44)43(38(36)45)32-15-9-10-29(24-32)39(46)47/h3-24,35-36H,1-2H3,(H,46,47)/t35-,36+,41-,42-/m1/s1. The van der Waals surface area contributed by atoms with Crippen molar-refractivity contribution in [3.63, 3.8) is 0 Å². The van der Waals surface area contributed by atoms with Gasteiger partial charge in [-0.3, -0.25) is 14.4 Å². The zero-order chi connectivity index (χ0) is 33.4. The number of carboxylic acids is 1. The normalized spacial score (nSPS) is 24.4. The van der Waals surface area contributed by atoms with E-state index >= 15 is 14.4 Å². The average Bonchev–Trinajstić information content (AvgIpc) is 3.62. The van der Waals surface area contributed by atoms with Crippen molar-refractivity contribution >= 4 is 40.4 Å². The molecule has 1 saturated heterocycles. The minimum atomic E-state index is -1.52. The highest BCUT2D eigenvalue weighted by atomic mass is 16.4. The third kappa shape index (κ3) is 3.74. The number of nitrogens with zero attached hydrogens (tertiary/aromatic N) is 1. The molecule has 2 aliphatic carbocycles. The first-order chi connectivity index (χ1) is 23.2. The minimum absolute atomic E-state index is 0.0430. The highest BCUT2D eigenvalue weighted by molar-refractivity contribution is 6.39. The zero-order valence-corrected chi connectivity index (χ0v) is 26.4. The van der Waals surface area contributed by atoms with Crippen molar-refractivity contribution in [3.05, 3.63) is 172 Å². The maximum atomic E-state index is 16.0. The molecule has 1 aliphatic heterocycles. The summed E-state index contributed by atoms with van der Waals surface area (Å²) in [6.07, 6.45) is 0. The van der Waals surface area contributed by atoms with Gasteiger partial charge in [0.05, 0.1) is 33.9 Å². The number of imide groups is 1. The summed E-state index contributed by atoms with van der Waals surface area (Å²) in [4.78, 5) is 59.2. The molecule has 2 fully saturated rings. The number of amides is 2. The minimum Gasteiger partial charge on any atom is -0.478 e.